The third kappa shape index (κ3) is 3.10. The lowest BCUT2D eigenvalue weighted by Gasteiger charge is -2.57. The van der Waals surface area contributed by atoms with Gasteiger partial charge in [0.1, 0.15) is 0 Å². The molecule has 2 heterocycles. The predicted molar refractivity (Wildman–Crippen MR) is 111 cm³/mol. The zero-order chi connectivity index (χ0) is 16.1. The fourth-order valence-corrected chi connectivity index (χ4v) is 6.09. The molecule has 25 heavy (non-hydrogen) atoms. The van der Waals surface area contributed by atoms with Gasteiger partial charge in [-0.25, -0.2) is 0 Å². The van der Waals surface area contributed by atoms with Gasteiger partial charge in [-0.3, -0.25) is 9.89 Å². The number of likely N-dealkylation sites (tertiary alicyclic amines) is 1. The van der Waals surface area contributed by atoms with Crippen LogP contribution in [0, 0.1) is 11.3 Å². The van der Waals surface area contributed by atoms with Crippen molar-refractivity contribution in [2.24, 2.45) is 16.3 Å². The van der Waals surface area contributed by atoms with E-state index in [0.717, 1.165) is 18.6 Å². The Kier molecular flexibility index (Phi) is 5.23. The first-order valence-corrected chi connectivity index (χ1v) is 10.2. The van der Waals surface area contributed by atoms with E-state index in [4.69, 9.17) is 4.74 Å². The Morgan fingerprint density at radius 2 is 1.92 bits per heavy atom. The van der Waals surface area contributed by atoms with Gasteiger partial charge in [-0.05, 0) is 38.5 Å². The Labute approximate surface area is 168 Å². The number of hydrogen-bond donors (Lipinski definition) is 2. The summed E-state index contributed by atoms with van der Waals surface area (Å²) >= 11 is 0. The molecule has 4 unspecified atom stereocenters. The molecule has 4 atom stereocenters. The SMILES string of the molecule is CN=C(NC1CCN(C2CC2)C1)NC1C2CCOC2C12CCCC2.I. The number of nitrogens with zero attached hydrogens (tertiary/aromatic N) is 2. The van der Waals surface area contributed by atoms with Crippen molar-refractivity contribution < 1.29 is 4.74 Å². The molecular formula is C19H33IN4O. The van der Waals surface area contributed by atoms with E-state index in [-0.39, 0.29) is 24.0 Å². The minimum absolute atomic E-state index is 0. The van der Waals surface area contributed by atoms with Crippen molar-refractivity contribution in [1.29, 1.82) is 0 Å². The second kappa shape index (κ2) is 7.15. The van der Waals surface area contributed by atoms with E-state index in [9.17, 15) is 0 Å². The highest BCUT2D eigenvalue weighted by Gasteiger charge is 2.65. The number of nitrogens with one attached hydrogen (secondary N) is 2. The minimum Gasteiger partial charge on any atom is -0.377 e. The summed E-state index contributed by atoms with van der Waals surface area (Å²) in [6.45, 7) is 3.40. The molecule has 1 spiro atoms. The molecule has 0 bridgehead atoms. The Morgan fingerprint density at radius 1 is 1.12 bits per heavy atom. The van der Waals surface area contributed by atoms with Crippen molar-refractivity contribution in [3.05, 3.63) is 0 Å². The van der Waals surface area contributed by atoms with E-state index >= 15 is 0 Å². The first-order chi connectivity index (χ1) is 11.8. The largest absolute Gasteiger partial charge is 0.377 e. The maximum absolute atomic E-state index is 6.11. The van der Waals surface area contributed by atoms with E-state index in [1.54, 1.807) is 0 Å². The number of rotatable bonds is 3. The van der Waals surface area contributed by atoms with Gasteiger partial charge in [-0.2, -0.15) is 0 Å². The molecule has 0 amide bonds. The van der Waals surface area contributed by atoms with Crippen LogP contribution in [0.5, 0.6) is 0 Å². The van der Waals surface area contributed by atoms with Crippen LogP contribution in [-0.4, -0.2) is 61.8 Å². The summed E-state index contributed by atoms with van der Waals surface area (Å²) in [5, 5.41) is 7.55. The monoisotopic (exact) mass is 460 g/mol. The van der Waals surface area contributed by atoms with Crippen molar-refractivity contribution >= 4 is 29.9 Å². The van der Waals surface area contributed by atoms with Crippen LogP contribution in [0.3, 0.4) is 0 Å². The third-order valence-electron chi connectivity index (χ3n) is 7.43. The Balaban J connectivity index is 0.00000157. The topological polar surface area (TPSA) is 48.9 Å². The molecule has 2 saturated heterocycles. The quantitative estimate of drug-likeness (QED) is 0.386. The van der Waals surface area contributed by atoms with Gasteiger partial charge in [0.05, 0.1) is 6.10 Å². The van der Waals surface area contributed by atoms with Gasteiger partial charge in [0.2, 0.25) is 0 Å². The molecule has 2 aliphatic heterocycles. The molecule has 3 saturated carbocycles. The van der Waals surface area contributed by atoms with E-state index < -0.39 is 0 Å². The van der Waals surface area contributed by atoms with Crippen LogP contribution in [0.25, 0.3) is 0 Å². The highest BCUT2D eigenvalue weighted by Crippen LogP contribution is 2.60. The van der Waals surface area contributed by atoms with E-state index in [1.165, 1.54) is 64.5 Å². The molecule has 0 radical (unpaired) electrons. The molecule has 2 N–H and O–H groups in total. The first kappa shape index (κ1) is 18.3. The van der Waals surface area contributed by atoms with Crippen molar-refractivity contribution in [3.8, 4) is 0 Å². The Bertz CT molecular complexity index is 518. The molecule has 3 aliphatic carbocycles. The van der Waals surface area contributed by atoms with Crippen LogP contribution >= 0.6 is 24.0 Å². The maximum atomic E-state index is 6.11. The number of hydrogen-bond acceptors (Lipinski definition) is 3. The number of guanidine groups is 1. The smallest absolute Gasteiger partial charge is 0.191 e. The Hall–Kier alpha value is -0.0800. The number of fused-ring (bicyclic) bond motifs is 2. The van der Waals surface area contributed by atoms with Gasteiger partial charge in [0, 0.05) is 56.2 Å². The van der Waals surface area contributed by atoms with Gasteiger partial charge < -0.3 is 15.4 Å². The zero-order valence-corrected chi connectivity index (χ0v) is 17.7. The molecule has 0 aromatic carbocycles. The highest BCUT2D eigenvalue weighted by atomic mass is 127. The van der Waals surface area contributed by atoms with Crippen molar-refractivity contribution in [2.75, 3.05) is 26.7 Å². The molecule has 5 fully saturated rings. The lowest BCUT2D eigenvalue weighted by atomic mass is 9.54. The number of ether oxygens (including phenoxy) is 1. The van der Waals surface area contributed by atoms with Crippen molar-refractivity contribution in [1.82, 2.24) is 15.5 Å². The van der Waals surface area contributed by atoms with Crippen LogP contribution in [0.1, 0.15) is 51.4 Å². The summed E-state index contributed by atoms with van der Waals surface area (Å²) in [6.07, 6.45) is 11.2. The number of halogens is 1. The summed E-state index contributed by atoms with van der Waals surface area (Å²) in [5.74, 6) is 1.73. The summed E-state index contributed by atoms with van der Waals surface area (Å²) < 4.78 is 6.11. The fourth-order valence-electron chi connectivity index (χ4n) is 6.09. The van der Waals surface area contributed by atoms with E-state index in [2.05, 4.69) is 20.5 Å². The third-order valence-corrected chi connectivity index (χ3v) is 7.43. The van der Waals surface area contributed by atoms with Gasteiger partial charge in [0.15, 0.2) is 5.96 Å². The molecule has 6 heteroatoms. The van der Waals surface area contributed by atoms with Crippen LogP contribution in [-0.2, 0) is 4.74 Å². The lowest BCUT2D eigenvalue weighted by molar-refractivity contribution is -0.125. The van der Waals surface area contributed by atoms with Gasteiger partial charge in [-0.15, -0.1) is 24.0 Å². The summed E-state index contributed by atoms with van der Waals surface area (Å²) in [6, 6.07) is 2.02. The van der Waals surface area contributed by atoms with Crippen LogP contribution in [0.2, 0.25) is 0 Å². The second-order valence-electron chi connectivity index (χ2n) is 8.73. The zero-order valence-electron chi connectivity index (χ0n) is 15.4. The summed E-state index contributed by atoms with van der Waals surface area (Å²) in [4.78, 5) is 7.22. The normalized spacial score (nSPS) is 39.8. The average Bonchev–Trinajstić information content (AvgIpc) is 3.04. The van der Waals surface area contributed by atoms with Crippen LogP contribution < -0.4 is 10.6 Å². The molecule has 0 aromatic rings. The van der Waals surface area contributed by atoms with Gasteiger partial charge in [0.25, 0.3) is 0 Å². The molecule has 0 aromatic heterocycles. The van der Waals surface area contributed by atoms with Crippen molar-refractivity contribution in [2.45, 2.75) is 75.6 Å². The van der Waals surface area contributed by atoms with Crippen molar-refractivity contribution in [3.63, 3.8) is 0 Å². The average molecular weight is 460 g/mol. The Morgan fingerprint density at radius 3 is 2.64 bits per heavy atom. The lowest BCUT2D eigenvalue weighted by Crippen LogP contribution is -2.69. The van der Waals surface area contributed by atoms with E-state index in [0.29, 0.717) is 29.5 Å². The highest BCUT2D eigenvalue weighted by molar-refractivity contribution is 14.0. The molecule has 5 rings (SSSR count). The molecule has 142 valence electrons. The molecular weight excluding hydrogens is 427 g/mol. The fraction of sp³-hybridized carbons (Fsp3) is 0.947. The van der Waals surface area contributed by atoms with Crippen LogP contribution in [0.4, 0.5) is 0 Å². The van der Waals surface area contributed by atoms with Crippen LogP contribution in [0.15, 0.2) is 4.99 Å². The minimum atomic E-state index is 0. The second-order valence-corrected chi connectivity index (χ2v) is 8.73. The van der Waals surface area contributed by atoms with Gasteiger partial charge in [-0.1, -0.05) is 12.8 Å². The maximum Gasteiger partial charge on any atom is 0.191 e. The standard InChI is InChI=1S/C19H32N4O.HI/c1-20-18(21-13-6-10-23(12-13)14-4-5-14)22-16-15-7-11-24-17(15)19(16)8-2-3-9-19;/h13-17H,2-12H2,1H3,(H2,20,21,22);1H. The predicted octanol–water partition coefficient (Wildman–Crippen LogP) is 2.35. The first-order valence-electron chi connectivity index (χ1n) is 10.2. The molecule has 5 aliphatic rings. The summed E-state index contributed by atoms with van der Waals surface area (Å²) in [7, 11) is 1.92. The van der Waals surface area contributed by atoms with E-state index in [1.807, 2.05) is 7.05 Å². The summed E-state index contributed by atoms with van der Waals surface area (Å²) in [5.41, 5.74) is 0.397. The van der Waals surface area contributed by atoms with Gasteiger partial charge >= 0.3 is 0 Å². The molecule has 5 nitrogen and oxygen atoms in total. The number of aliphatic imine (C=N–C) groups is 1.